The number of rotatable bonds is 44. The molecule has 0 saturated carbocycles. The predicted molar refractivity (Wildman–Crippen MR) is 476 cm³/mol. The lowest BCUT2D eigenvalue weighted by Crippen LogP contribution is -2.34. The molecule has 578 valence electrons. The van der Waals surface area contributed by atoms with Gasteiger partial charge in [-0.25, -0.2) is 0 Å². The molecule has 4 aliphatic heterocycles. The number of hydrogen-bond acceptors (Lipinski definition) is 13. The first-order valence-corrected chi connectivity index (χ1v) is 48.8. The van der Waals surface area contributed by atoms with Gasteiger partial charge in [0.1, 0.15) is 0 Å². The second kappa shape index (κ2) is 38.3. The molecule has 0 radical (unpaired) electrons. The maximum atomic E-state index is 15.9. The van der Waals surface area contributed by atoms with Crippen LogP contribution >= 0.6 is 102 Å². The topological polar surface area (TPSA) is 81.2 Å². The number of amides is 4. The number of fused-ring (bicyclic) bond motifs is 2. The lowest BCUT2D eigenvalue weighted by Gasteiger charge is -2.29. The number of carbonyl (C=O) groups excluding carboxylic acids is 4. The molecule has 4 atom stereocenters. The molecule has 4 unspecified atom stereocenters. The molecule has 0 fully saturated rings. The second-order valence-electron chi connectivity index (χ2n) is 30.5. The normalized spacial score (nSPS) is 15.9. The van der Waals surface area contributed by atoms with Crippen molar-refractivity contribution in [1.29, 1.82) is 0 Å². The van der Waals surface area contributed by atoms with Gasteiger partial charge in [-0.3, -0.25) is 19.2 Å². The summed E-state index contributed by atoms with van der Waals surface area (Å²) < 4.78 is 0. The van der Waals surface area contributed by atoms with Crippen LogP contribution in [0.1, 0.15) is 253 Å². The molecule has 13 heterocycles. The number of nitrogens with zero attached hydrogens (tertiary/aromatic N) is 4. The fourth-order valence-corrected chi connectivity index (χ4v) is 26.1. The molecular formula is C92H112N4O4S9. The van der Waals surface area contributed by atoms with Crippen molar-refractivity contribution in [2.75, 3.05) is 26.2 Å². The predicted octanol–water partition coefficient (Wildman–Crippen LogP) is 29.0. The zero-order valence-electron chi connectivity index (χ0n) is 66.0. The van der Waals surface area contributed by atoms with Crippen LogP contribution in [0.25, 0.3) is 81.3 Å². The van der Waals surface area contributed by atoms with Gasteiger partial charge in [0, 0.05) is 94.5 Å². The molecule has 9 aromatic heterocycles. The van der Waals surface area contributed by atoms with Crippen LogP contribution in [0.5, 0.6) is 0 Å². The minimum absolute atomic E-state index is 0.0571. The quantitative estimate of drug-likeness (QED) is 0.0356. The number of unbranched alkanes of at least 4 members (excludes halogenated alkanes) is 10. The summed E-state index contributed by atoms with van der Waals surface area (Å²) in [5.41, 5.74) is 5.34. The summed E-state index contributed by atoms with van der Waals surface area (Å²) in [4.78, 5) is 92.7. The van der Waals surface area contributed by atoms with E-state index in [1.165, 1.54) is 90.4 Å². The van der Waals surface area contributed by atoms with Gasteiger partial charge >= 0.3 is 0 Å². The summed E-state index contributed by atoms with van der Waals surface area (Å²) in [5, 5.41) is 0. The fourth-order valence-electron chi connectivity index (χ4n) is 16.2. The first-order valence-electron chi connectivity index (χ1n) is 41.4. The Balaban J connectivity index is 0.846. The van der Waals surface area contributed by atoms with Crippen molar-refractivity contribution in [3.05, 3.63) is 161 Å². The van der Waals surface area contributed by atoms with Crippen LogP contribution in [-0.4, -0.2) is 69.4 Å². The zero-order valence-corrected chi connectivity index (χ0v) is 73.4. The van der Waals surface area contributed by atoms with E-state index in [4.69, 9.17) is 0 Å². The number of aryl methyl sites for hydroxylation is 2. The lowest BCUT2D eigenvalue weighted by molar-refractivity contribution is -0.124. The third kappa shape index (κ3) is 17.9. The molecule has 8 nitrogen and oxygen atoms in total. The Labute approximate surface area is 686 Å². The van der Waals surface area contributed by atoms with Crippen LogP contribution in [0.4, 0.5) is 0 Å². The van der Waals surface area contributed by atoms with Gasteiger partial charge in [0.15, 0.2) is 0 Å². The molecule has 17 heteroatoms. The molecule has 0 saturated heterocycles. The van der Waals surface area contributed by atoms with E-state index in [1.54, 1.807) is 56.7 Å². The highest BCUT2D eigenvalue weighted by molar-refractivity contribution is 7.28. The van der Waals surface area contributed by atoms with Crippen molar-refractivity contribution in [2.24, 2.45) is 23.7 Å². The number of thiophene rings is 9. The van der Waals surface area contributed by atoms with Crippen LogP contribution in [0.3, 0.4) is 0 Å². The van der Waals surface area contributed by atoms with E-state index in [-0.39, 0.29) is 35.5 Å². The fraction of sp³-hybridized carbons (Fsp3) is 0.478. The number of hydrogen-bond donors (Lipinski definition) is 0. The molecule has 4 aliphatic rings. The van der Waals surface area contributed by atoms with Gasteiger partial charge in [-0.1, -0.05) is 185 Å². The molecule has 13 rings (SSSR count). The van der Waals surface area contributed by atoms with Crippen molar-refractivity contribution in [3.63, 3.8) is 0 Å². The minimum atomic E-state index is -0.0571. The van der Waals surface area contributed by atoms with E-state index in [0.29, 0.717) is 60.3 Å². The Bertz CT molecular complexity index is 4450. The van der Waals surface area contributed by atoms with E-state index in [0.717, 1.165) is 187 Å². The minimum Gasteiger partial charge on any atom is -0.306 e. The summed E-state index contributed by atoms with van der Waals surface area (Å²) in [5.74, 6) is 0.907. The average molecular weight is 1630 g/mol. The van der Waals surface area contributed by atoms with Gasteiger partial charge < -0.3 is 19.6 Å². The summed E-state index contributed by atoms with van der Waals surface area (Å²) in [6, 6.07) is 40.2. The monoisotopic (exact) mass is 1620 g/mol. The van der Waals surface area contributed by atoms with Gasteiger partial charge in [0.25, 0.3) is 23.6 Å². The maximum Gasteiger partial charge on any atom is 0.261 e. The van der Waals surface area contributed by atoms with Gasteiger partial charge in [-0.2, -0.15) is 0 Å². The SMILES string of the molecule is CCCCCCc1ccc(-c2ccc(-c3ccc(C4=C5C(=O)N(CC(CC)CCCC)C(c6ccc(-c7ccc(-c8ccc(C9=C%10C(=O)N(CC(CC)CCCC)C(c%11ccc(-c%12ccc(-c%13ccc(CCCCCC)s%13)s%12)s%11)=C%10C(=O)N9CC(CC)CCCC)s8)s7)s6)=C5C(=O)N4CC(CC)CCCC)s3)s2)s1. The largest absolute Gasteiger partial charge is 0.306 e. The lowest BCUT2D eigenvalue weighted by atomic mass is 9.98. The molecule has 0 N–H and O–H groups in total. The van der Waals surface area contributed by atoms with Crippen LogP contribution in [0, 0.1) is 23.7 Å². The second-order valence-corrected chi connectivity index (χ2v) is 40.4. The van der Waals surface area contributed by atoms with Crippen molar-refractivity contribution in [3.8, 4) is 58.5 Å². The van der Waals surface area contributed by atoms with Gasteiger partial charge in [-0.15, -0.1) is 102 Å². The van der Waals surface area contributed by atoms with Crippen molar-refractivity contribution < 1.29 is 19.2 Å². The smallest absolute Gasteiger partial charge is 0.261 e. The molecule has 9 aromatic rings. The molecular weight excluding hydrogens is 1510 g/mol. The van der Waals surface area contributed by atoms with Crippen molar-refractivity contribution in [1.82, 2.24) is 19.6 Å². The average Bonchev–Trinajstić information content (AvgIpc) is 1.56. The molecule has 0 aromatic carbocycles. The Kier molecular flexibility index (Phi) is 28.5. The third-order valence-corrected chi connectivity index (χ3v) is 33.9. The van der Waals surface area contributed by atoms with Gasteiger partial charge in [0.05, 0.1) is 64.6 Å². The highest BCUT2D eigenvalue weighted by atomic mass is 32.1. The summed E-state index contributed by atoms with van der Waals surface area (Å²) in [7, 11) is 0. The Hall–Kier alpha value is -5.86. The van der Waals surface area contributed by atoms with E-state index < -0.39 is 0 Å². The van der Waals surface area contributed by atoms with Crippen LogP contribution in [-0.2, 0) is 32.0 Å². The summed E-state index contributed by atoms with van der Waals surface area (Å²) >= 11 is 16.0. The standard InChI is InChI=1S/C92H112N4O4S9/c1-11-21-27-29-35-63-37-39-65(101-63)67-41-43-69(103-67)73-47-51-77(106-73)85-81-83(91(99)93(85)55-59(17-7)31-23-13-3)87(95(89(81)97)57-61(19-9)33-25-15-5)79-53-49-75(108-79)71-45-46-72(105-71)76-50-54-80(109-76)88-84-82(90(98)96(88)58-62(20-10)34-26-16-6)86(94(92(84)100)56-60(18-8)32-24-14-4)78-52-48-74(107-78)70-44-42-68(104-70)66-40-38-64(102-66)36-30-28-22-12-2/h37-54,59-62H,11-36,55-58H2,1-10H3. The third-order valence-electron chi connectivity index (χ3n) is 22.8. The maximum absolute atomic E-state index is 15.9. The highest BCUT2D eigenvalue weighted by Gasteiger charge is 2.52. The van der Waals surface area contributed by atoms with Crippen molar-refractivity contribution in [2.45, 2.75) is 236 Å². The van der Waals surface area contributed by atoms with Crippen LogP contribution in [0.2, 0.25) is 0 Å². The van der Waals surface area contributed by atoms with Crippen LogP contribution in [0.15, 0.2) is 131 Å². The van der Waals surface area contributed by atoms with Crippen LogP contribution < -0.4 is 0 Å². The van der Waals surface area contributed by atoms with Gasteiger partial charge in [0.2, 0.25) is 0 Å². The zero-order chi connectivity index (χ0) is 76.2. The first kappa shape index (κ1) is 81.2. The van der Waals surface area contributed by atoms with E-state index >= 15 is 19.2 Å². The molecule has 0 aliphatic carbocycles. The Morgan fingerprint density at radius 3 is 0.633 bits per heavy atom. The van der Waals surface area contributed by atoms with Gasteiger partial charge in [-0.05, 0) is 184 Å². The van der Waals surface area contributed by atoms with E-state index in [2.05, 4.69) is 178 Å². The Morgan fingerprint density at radius 1 is 0.229 bits per heavy atom. The van der Waals surface area contributed by atoms with E-state index in [1.807, 2.05) is 64.9 Å². The molecule has 4 amide bonds. The molecule has 109 heavy (non-hydrogen) atoms. The summed E-state index contributed by atoms with van der Waals surface area (Å²) in [6.45, 7) is 24.7. The van der Waals surface area contributed by atoms with Crippen molar-refractivity contribution >= 4 is 148 Å². The molecule has 0 spiro atoms. The first-order chi connectivity index (χ1) is 53.3. The number of carbonyl (C=O) groups is 4. The summed E-state index contributed by atoms with van der Waals surface area (Å²) in [6.07, 6.45) is 28.9. The highest BCUT2D eigenvalue weighted by Crippen LogP contribution is 2.55. The Morgan fingerprint density at radius 2 is 0.422 bits per heavy atom. The van der Waals surface area contributed by atoms with E-state index in [9.17, 15) is 0 Å². The molecule has 0 bridgehead atoms.